The number of hydrogen-bond acceptors (Lipinski definition) is 3. The number of aromatic nitrogens is 2. The molecule has 0 radical (unpaired) electrons. The molecule has 0 aliphatic rings. The fraction of sp³-hybridized carbons (Fsp3) is 0.136. The minimum atomic E-state index is -3.71. The number of fused-ring (bicyclic) bond motifs is 1. The SMILES string of the molecule is CC(C)N(c1ccccc1)S(=O)(=O)c1ccc2nc(-c3ccccc3)[nH]c2c1. The van der Waals surface area contributed by atoms with Crippen LogP contribution in [0.4, 0.5) is 5.69 Å². The molecule has 1 aromatic heterocycles. The molecule has 0 atom stereocenters. The Morgan fingerprint density at radius 2 is 1.54 bits per heavy atom. The van der Waals surface area contributed by atoms with E-state index in [2.05, 4.69) is 9.97 Å². The van der Waals surface area contributed by atoms with Crippen LogP contribution in [0.15, 0.2) is 83.8 Å². The van der Waals surface area contributed by atoms with Crippen LogP contribution >= 0.6 is 0 Å². The van der Waals surface area contributed by atoms with Gasteiger partial charge in [-0.2, -0.15) is 0 Å². The van der Waals surface area contributed by atoms with Gasteiger partial charge < -0.3 is 4.98 Å². The average Bonchev–Trinajstić information content (AvgIpc) is 3.12. The van der Waals surface area contributed by atoms with E-state index >= 15 is 0 Å². The number of anilines is 1. The number of aromatic amines is 1. The van der Waals surface area contributed by atoms with E-state index in [4.69, 9.17) is 0 Å². The van der Waals surface area contributed by atoms with Crippen molar-refractivity contribution < 1.29 is 8.42 Å². The molecule has 6 heteroatoms. The molecule has 0 aliphatic heterocycles. The normalized spacial score (nSPS) is 11.8. The highest BCUT2D eigenvalue weighted by molar-refractivity contribution is 7.92. The van der Waals surface area contributed by atoms with E-state index in [9.17, 15) is 8.42 Å². The zero-order valence-electron chi connectivity index (χ0n) is 15.7. The summed E-state index contributed by atoms with van der Waals surface area (Å²) in [5.74, 6) is 0.717. The van der Waals surface area contributed by atoms with Crippen LogP contribution in [0, 0.1) is 0 Å². The molecule has 0 bridgehead atoms. The highest BCUT2D eigenvalue weighted by atomic mass is 32.2. The van der Waals surface area contributed by atoms with Gasteiger partial charge in [0.05, 0.1) is 21.6 Å². The topological polar surface area (TPSA) is 66.1 Å². The zero-order valence-corrected chi connectivity index (χ0v) is 16.5. The summed E-state index contributed by atoms with van der Waals surface area (Å²) in [6.07, 6.45) is 0. The molecular weight excluding hydrogens is 370 g/mol. The second kappa shape index (κ2) is 7.13. The van der Waals surface area contributed by atoms with Gasteiger partial charge in [0.25, 0.3) is 10.0 Å². The summed E-state index contributed by atoms with van der Waals surface area (Å²) < 4.78 is 28.2. The van der Waals surface area contributed by atoms with E-state index in [0.29, 0.717) is 17.0 Å². The summed E-state index contributed by atoms with van der Waals surface area (Å²) in [4.78, 5) is 8.06. The van der Waals surface area contributed by atoms with Gasteiger partial charge in [-0.1, -0.05) is 48.5 Å². The van der Waals surface area contributed by atoms with Crippen LogP contribution in [0.3, 0.4) is 0 Å². The number of rotatable bonds is 5. The summed E-state index contributed by atoms with van der Waals surface area (Å²) in [6.45, 7) is 3.74. The number of nitrogens with zero attached hydrogens (tertiary/aromatic N) is 2. The molecule has 1 N–H and O–H groups in total. The van der Waals surface area contributed by atoms with Crippen LogP contribution < -0.4 is 4.31 Å². The number of benzene rings is 3. The zero-order chi connectivity index (χ0) is 19.7. The molecule has 5 nitrogen and oxygen atoms in total. The fourth-order valence-electron chi connectivity index (χ4n) is 3.28. The van der Waals surface area contributed by atoms with Crippen molar-refractivity contribution in [1.82, 2.24) is 9.97 Å². The van der Waals surface area contributed by atoms with Crippen molar-refractivity contribution in [3.8, 4) is 11.4 Å². The van der Waals surface area contributed by atoms with Gasteiger partial charge in [-0.15, -0.1) is 0 Å². The van der Waals surface area contributed by atoms with Gasteiger partial charge in [-0.3, -0.25) is 4.31 Å². The lowest BCUT2D eigenvalue weighted by Crippen LogP contribution is -2.36. The van der Waals surface area contributed by atoms with Crippen LogP contribution in [0.1, 0.15) is 13.8 Å². The van der Waals surface area contributed by atoms with Gasteiger partial charge in [0.2, 0.25) is 0 Å². The Bertz CT molecular complexity index is 1200. The first-order valence-electron chi connectivity index (χ1n) is 9.11. The molecule has 4 rings (SSSR count). The second-order valence-corrected chi connectivity index (χ2v) is 8.68. The Hall–Kier alpha value is -3.12. The standard InChI is InChI=1S/C22H21N3O2S/c1-16(2)25(18-11-7-4-8-12-18)28(26,27)19-13-14-20-21(15-19)24-22(23-20)17-9-5-3-6-10-17/h3-16H,1-2H3,(H,23,24). The fourth-order valence-corrected chi connectivity index (χ4v) is 4.97. The Kier molecular flexibility index (Phi) is 4.65. The summed E-state index contributed by atoms with van der Waals surface area (Å²) in [7, 11) is -3.71. The van der Waals surface area contributed by atoms with Crippen LogP contribution in [-0.2, 0) is 10.0 Å². The smallest absolute Gasteiger partial charge is 0.264 e. The molecule has 28 heavy (non-hydrogen) atoms. The summed E-state index contributed by atoms with van der Waals surface area (Å²) in [6, 6.07) is 23.7. The summed E-state index contributed by atoms with van der Waals surface area (Å²) in [5, 5.41) is 0. The molecule has 1 heterocycles. The largest absolute Gasteiger partial charge is 0.338 e. The van der Waals surface area contributed by atoms with Crippen molar-refractivity contribution in [2.24, 2.45) is 0 Å². The van der Waals surface area contributed by atoms with E-state index in [1.807, 2.05) is 62.4 Å². The van der Waals surface area contributed by atoms with Gasteiger partial charge in [0, 0.05) is 11.6 Å². The molecule has 0 fully saturated rings. The lowest BCUT2D eigenvalue weighted by molar-refractivity contribution is 0.584. The molecule has 0 spiro atoms. The van der Waals surface area contributed by atoms with Crippen molar-refractivity contribution in [2.75, 3.05) is 4.31 Å². The Morgan fingerprint density at radius 1 is 0.893 bits per heavy atom. The molecule has 0 saturated heterocycles. The van der Waals surface area contributed by atoms with Crippen molar-refractivity contribution in [3.05, 3.63) is 78.9 Å². The first kappa shape index (κ1) is 18.3. The van der Waals surface area contributed by atoms with E-state index in [1.54, 1.807) is 30.3 Å². The van der Waals surface area contributed by atoms with Crippen LogP contribution in [0.5, 0.6) is 0 Å². The predicted octanol–water partition coefficient (Wildman–Crippen LogP) is 4.83. The monoisotopic (exact) mass is 391 g/mol. The lowest BCUT2D eigenvalue weighted by atomic mass is 10.2. The van der Waals surface area contributed by atoms with Crippen molar-refractivity contribution >= 4 is 26.7 Å². The number of hydrogen-bond donors (Lipinski definition) is 1. The van der Waals surface area contributed by atoms with Gasteiger partial charge in [-0.05, 0) is 44.2 Å². The lowest BCUT2D eigenvalue weighted by Gasteiger charge is -2.28. The van der Waals surface area contributed by atoms with E-state index in [1.165, 1.54) is 4.31 Å². The van der Waals surface area contributed by atoms with E-state index < -0.39 is 10.0 Å². The average molecular weight is 391 g/mol. The molecule has 0 aliphatic carbocycles. The summed E-state index contributed by atoms with van der Waals surface area (Å²) >= 11 is 0. The highest BCUT2D eigenvalue weighted by Crippen LogP contribution is 2.28. The third kappa shape index (κ3) is 3.27. The first-order chi connectivity index (χ1) is 13.5. The minimum absolute atomic E-state index is 0.218. The Labute approximate surface area is 164 Å². The number of sulfonamides is 1. The number of H-pyrrole nitrogens is 1. The van der Waals surface area contributed by atoms with Crippen molar-refractivity contribution in [3.63, 3.8) is 0 Å². The number of para-hydroxylation sites is 1. The van der Waals surface area contributed by atoms with Crippen LogP contribution in [-0.4, -0.2) is 24.4 Å². The van der Waals surface area contributed by atoms with Gasteiger partial charge in [0.1, 0.15) is 5.82 Å². The molecule has 0 unspecified atom stereocenters. The third-order valence-corrected chi connectivity index (χ3v) is 6.54. The second-order valence-electron chi connectivity index (χ2n) is 6.86. The predicted molar refractivity (Wildman–Crippen MR) is 113 cm³/mol. The van der Waals surface area contributed by atoms with E-state index in [-0.39, 0.29) is 10.9 Å². The van der Waals surface area contributed by atoms with Crippen molar-refractivity contribution in [1.29, 1.82) is 0 Å². The first-order valence-corrected chi connectivity index (χ1v) is 10.6. The molecule has 142 valence electrons. The maximum atomic E-state index is 13.4. The number of nitrogens with one attached hydrogen (secondary N) is 1. The highest BCUT2D eigenvalue weighted by Gasteiger charge is 2.27. The van der Waals surface area contributed by atoms with Crippen molar-refractivity contribution in [2.45, 2.75) is 24.8 Å². The Balaban J connectivity index is 1.79. The maximum absolute atomic E-state index is 13.4. The van der Waals surface area contributed by atoms with E-state index in [0.717, 1.165) is 11.1 Å². The van der Waals surface area contributed by atoms with Crippen LogP contribution in [0.2, 0.25) is 0 Å². The third-order valence-electron chi connectivity index (χ3n) is 4.54. The summed E-state index contributed by atoms with van der Waals surface area (Å²) in [5.41, 5.74) is 3.02. The molecule has 4 aromatic rings. The quantitative estimate of drug-likeness (QED) is 0.530. The molecule has 0 saturated carbocycles. The molecular formula is C22H21N3O2S. The van der Waals surface area contributed by atoms with Gasteiger partial charge in [0.15, 0.2) is 0 Å². The Morgan fingerprint density at radius 3 is 2.18 bits per heavy atom. The molecule has 3 aromatic carbocycles. The minimum Gasteiger partial charge on any atom is -0.338 e. The van der Waals surface area contributed by atoms with Gasteiger partial charge >= 0.3 is 0 Å². The molecule has 0 amide bonds. The maximum Gasteiger partial charge on any atom is 0.264 e. The number of imidazole rings is 1. The van der Waals surface area contributed by atoms with Crippen LogP contribution in [0.25, 0.3) is 22.4 Å². The van der Waals surface area contributed by atoms with Gasteiger partial charge in [-0.25, -0.2) is 13.4 Å².